The summed E-state index contributed by atoms with van der Waals surface area (Å²) >= 11 is 0. The van der Waals surface area contributed by atoms with Crippen LogP contribution in [0.5, 0.6) is 0 Å². The molecule has 0 bridgehead atoms. The predicted molar refractivity (Wildman–Crippen MR) is 55.1 cm³/mol. The maximum atomic E-state index is 12.7. The molecule has 0 aliphatic carbocycles. The molecule has 0 radical (unpaired) electrons. The number of aromatic nitrogens is 2. The SMILES string of the molecule is CC(C)(CF)c1nc2ccccc2[nH]1. The van der Waals surface area contributed by atoms with E-state index in [4.69, 9.17) is 0 Å². The summed E-state index contributed by atoms with van der Waals surface area (Å²) < 4.78 is 12.7. The van der Waals surface area contributed by atoms with E-state index in [0.29, 0.717) is 5.82 Å². The van der Waals surface area contributed by atoms with E-state index in [-0.39, 0.29) is 0 Å². The fourth-order valence-electron chi connectivity index (χ4n) is 1.34. The van der Waals surface area contributed by atoms with Crippen molar-refractivity contribution in [1.82, 2.24) is 9.97 Å². The van der Waals surface area contributed by atoms with E-state index < -0.39 is 12.1 Å². The number of para-hydroxylation sites is 2. The molecule has 0 saturated heterocycles. The first-order chi connectivity index (χ1) is 6.63. The third-order valence-electron chi connectivity index (χ3n) is 2.36. The number of benzene rings is 1. The van der Waals surface area contributed by atoms with E-state index >= 15 is 0 Å². The summed E-state index contributed by atoms with van der Waals surface area (Å²) in [5, 5.41) is 0. The highest BCUT2D eigenvalue weighted by Gasteiger charge is 2.24. The molecular formula is C11H13FN2. The van der Waals surface area contributed by atoms with E-state index in [9.17, 15) is 4.39 Å². The van der Waals surface area contributed by atoms with Crippen LogP contribution in [-0.4, -0.2) is 16.6 Å². The van der Waals surface area contributed by atoms with Gasteiger partial charge in [0.05, 0.1) is 16.4 Å². The van der Waals surface area contributed by atoms with Gasteiger partial charge in [-0.25, -0.2) is 4.98 Å². The molecule has 0 unspecified atom stereocenters. The molecule has 0 spiro atoms. The first kappa shape index (κ1) is 9.19. The summed E-state index contributed by atoms with van der Waals surface area (Å²) in [7, 11) is 0. The summed E-state index contributed by atoms with van der Waals surface area (Å²) in [5.74, 6) is 0.709. The van der Waals surface area contributed by atoms with Crippen LogP contribution in [0.15, 0.2) is 24.3 Å². The quantitative estimate of drug-likeness (QED) is 0.778. The lowest BCUT2D eigenvalue weighted by Crippen LogP contribution is -2.21. The monoisotopic (exact) mass is 192 g/mol. The van der Waals surface area contributed by atoms with Gasteiger partial charge in [0, 0.05) is 0 Å². The molecule has 2 nitrogen and oxygen atoms in total. The van der Waals surface area contributed by atoms with Gasteiger partial charge in [-0.3, -0.25) is 4.39 Å². The van der Waals surface area contributed by atoms with Gasteiger partial charge in [0.2, 0.25) is 0 Å². The highest BCUT2D eigenvalue weighted by atomic mass is 19.1. The van der Waals surface area contributed by atoms with Crippen LogP contribution >= 0.6 is 0 Å². The lowest BCUT2D eigenvalue weighted by Gasteiger charge is -2.16. The number of rotatable bonds is 2. The number of fused-ring (bicyclic) bond motifs is 1. The third-order valence-corrected chi connectivity index (χ3v) is 2.36. The molecule has 1 heterocycles. The zero-order valence-corrected chi connectivity index (χ0v) is 8.34. The minimum Gasteiger partial charge on any atom is -0.341 e. The molecule has 1 aromatic carbocycles. The highest BCUT2D eigenvalue weighted by molar-refractivity contribution is 5.74. The minimum atomic E-state index is -0.529. The van der Waals surface area contributed by atoms with Crippen LogP contribution in [0.1, 0.15) is 19.7 Å². The Morgan fingerprint density at radius 2 is 2.07 bits per heavy atom. The molecule has 0 aliphatic heterocycles. The third kappa shape index (κ3) is 1.39. The van der Waals surface area contributed by atoms with Gasteiger partial charge in [-0.05, 0) is 12.1 Å². The average Bonchev–Trinajstić information content (AvgIpc) is 2.61. The van der Waals surface area contributed by atoms with Crippen LogP contribution in [0.3, 0.4) is 0 Å². The molecular weight excluding hydrogens is 179 g/mol. The van der Waals surface area contributed by atoms with Crippen molar-refractivity contribution in [1.29, 1.82) is 0 Å². The molecule has 2 aromatic rings. The van der Waals surface area contributed by atoms with Crippen molar-refractivity contribution in [3.05, 3.63) is 30.1 Å². The van der Waals surface area contributed by atoms with E-state index in [0.717, 1.165) is 11.0 Å². The average molecular weight is 192 g/mol. The largest absolute Gasteiger partial charge is 0.341 e. The van der Waals surface area contributed by atoms with Crippen molar-refractivity contribution in [2.75, 3.05) is 6.67 Å². The molecule has 1 N–H and O–H groups in total. The standard InChI is InChI=1S/C11H13FN2/c1-11(2,7-12)10-13-8-5-3-4-6-9(8)14-10/h3-6H,7H2,1-2H3,(H,13,14). The summed E-state index contributed by atoms with van der Waals surface area (Å²) in [4.78, 5) is 7.50. The topological polar surface area (TPSA) is 28.7 Å². The number of imidazole rings is 1. The first-order valence-electron chi connectivity index (χ1n) is 4.65. The highest BCUT2D eigenvalue weighted by Crippen LogP contribution is 2.23. The molecule has 0 fully saturated rings. The smallest absolute Gasteiger partial charge is 0.115 e. The molecule has 0 atom stereocenters. The summed E-state index contributed by atoms with van der Waals surface area (Å²) in [6, 6.07) is 7.73. The summed E-state index contributed by atoms with van der Waals surface area (Å²) in [5.41, 5.74) is 1.33. The van der Waals surface area contributed by atoms with Crippen LogP contribution in [-0.2, 0) is 5.41 Å². The van der Waals surface area contributed by atoms with E-state index in [1.165, 1.54) is 0 Å². The Labute approximate surface area is 82.2 Å². The van der Waals surface area contributed by atoms with Crippen molar-refractivity contribution in [2.24, 2.45) is 0 Å². The maximum absolute atomic E-state index is 12.7. The fourth-order valence-corrected chi connectivity index (χ4v) is 1.34. The van der Waals surface area contributed by atoms with E-state index in [1.54, 1.807) is 0 Å². The fraction of sp³-hybridized carbons (Fsp3) is 0.364. The zero-order chi connectivity index (χ0) is 10.2. The van der Waals surface area contributed by atoms with Gasteiger partial charge in [-0.15, -0.1) is 0 Å². The summed E-state index contributed by atoms with van der Waals surface area (Å²) in [6.07, 6.45) is 0. The second-order valence-electron chi connectivity index (χ2n) is 4.12. The molecule has 1 aromatic heterocycles. The van der Waals surface area contributed by atoms with Gasteiger partial charge in [-0.2, -0.15) is 0 Å². The molecule has 3 heteroatoms. The second-order valence-corrected chi connectivity index (χ2v) is 4.12. The Kier molecular flexibility index (Phi) is 2.02. The first-order valence-corrected chi connectivity index (χ1v) is 4.65. The van der Waals surface area contributed by atoms with Crippen LogP contribution in [0.4, 0.5) is 4.39 Å². The van der Waals surface area contributed by atoms with Crippen molar-refractivity contribution < 1.29 is 4.39 Å². The molecule has 0 saturated carbocycles. The molecule has 74 valence electrons. The van der Waals surface area contributed by atoms with Crippen LogP contribution < -0.4 is 0 Å². The zero-order valence-electron chi connectivity index (χ0n) is 8.34. The number of hydrogen-bond donors (Lipinski definition) is 1. The number of nitrogens with zero attached hydrogens (tertiary/aromatic N) is 1. The lowest BCUT2D eigenvalue weighted by atomic mass is 9.95. The van der Waals surface area contributed by atoms with Gasteiger partial charge in [-0.1, -0.05) is 26.0 Å². The van der Waals surface area contributed by atoms with Gasteiger partial charge in [0.1, 0.15) is 12.5 Å². The van der Waals surface area contributed by atoms with Crippen LogP contribution in [0.25, 0.3) is 11.0 Å². The Bertz CT molecular complexity index is 412. The van der Waals surface area contributed by atoms with Crippen molar-refractivity contribution in [3.8, 4) is 0 Å². The van der Waals surface area contributed by atoms with Crippen molar-refractivity contribution in [2.45, 2.75) is 19.3 Å². The molecule has 14 heavy (non-hydrogen) atoms. The van der Waals surface area contributed by atoms with Crippen molar-refractivity contribution in [3.63, 3.8) is 0 Å². The Balaban J connectivity index is 2.55. The maximum Gasteiger partial charge on any atom is 0.115 e. The van der Waals surface area contributed by atoms with E-state index in [2.05, 4.69) is 9.97 Å². The number of aromatic amines is 1. The summed E-state index contributed by atoms with van der Waals surface area (Å²) in [6.45, 7) is 3.27. The number of H-pyrrole nitrogens is 1. The Morgan fingerprint density at radius 3 is 2.71 bits per heavy atom. The number of hydrogen-bond acceptors (Lipinski definition) is 1. The predicted octanol–water partition coefficient (Wildman–Crippen LogP) is 2.81. The van der Waals surface area contributed by atoms with E-state index in [1.807, 2.05) is 38.1 Å². The molecule has 0 amide bonds. The second kappa shape index (κ2) is 3.08. The number of nitrogens with one attached hydrogen (secondary N) is 1. The van der Waals surface area contributed by atoms with Gasteiger partial charge < -0.3 is 4.98 Å². The number of halogens is 1. The van der Waals surface area contributed by atoms with Gasteiger partial charge >= 0.3 is 0 Å². The normalized spacial score (nSPS) is 12.2. The Hall–Kier alpha value is -1.38. The molecule has 0 aliphatic rings. The van der Waals surface area contributed by atoms with Gasteiger partial charge in [0.25, 0.3) is 0 Å². The van der Waals surface area contributed by atoms with Crippen LogP contribution in [0, 0.1) is 0 Å². The minimum absolute atomic E-state index is 0.410. The van der Waals surface area contributed by atoms with Crippen LogP contribution in [0.2, 0.25) is 0 Å². The Morgan fingerprint density at radius 1 is 1.36 bits per heavy atom. The van der Waals surface area contributed by atoms with Gasteiger partial charge in [0.15, 0.2) is 0 Å². The van der Waals surface area contributed by atoms with Crippen molar-refractivity contribution >= 4 is 11.0 Å². The molecule has 2 rings (SSSR count). The number of alkyl halides is 1. The lowest BCUT2D eigenvalue weighted by molar-refractivity contribution is 0.339.